The van der Waals surface area contributed by atoms with E-state index in [9.17, 15) is 9.59 Å². The van der Waals surface area contributed by atoms with Crippen LogP contribution in [0.4, 0.5) is 5.69 Å². The fourth-order valence-corrected chi connectivity index (χ4v) is 3.97. The molecular weight excluding hydrogens is 430 g/mol. The van der Waals surface area contributed by atoms with Gasteiger partial charge in [0.05, 0.1) is 32.7 Å². The molecule has 0 spiro atoms. The predicted octanol–water partition coefficient (Wildman–Crippen LogP) is 3.52. The third kappa shape index (κ3) is 5.42. The van der Waals surface area contributed by atoms with Gasteiger partial charge in [-0.2, -0.15) is 0 Å². The summed E-state index contributed by atoms with van der Waals surface area (Å²) in [4.78, 5) is 29.6. The van der Waals surface area contributed by atoms with Crippen LogP contribution in [0.15, 0.2) is 64.8 Å². The van der Waals surface area contributed by atoms with Crippen LogP contribution < -0.4 is 20.1 Å². The molecule has 0 unspecified atom stereocenters. The highest BCUT2D eigenvalue weighted by Crippen LogP contribution is 2.39. The lowest BCUT2D eigenvalue weighted by molar-refractivity contribution is -0.137. The first-order valence-electron chi connectivity index (χ1n) is 9.80. The molecule has 32 heavy (non-hydrogen) atoms. The van der Waals surface area contributed by atoms with Gasteiger partial charge in [-0.05, 0) is 31.2 Å². The third-order valence-corrected chi connectivity index (χ3v) is 5.65. The molecule has 8 nitrogen and oxygen atoms in total. The minimum Gasteiger partial charge on any atom is -0.497 e. The van der Waals surface area contributed by atoms with Gasteiger partial charge in [0.1, 0.15) is 17.5 Å². The number of nitrogens with zero attached hydrogens (tertiary/aromatic N) is 1. The van der Waals surface area contributed by atoms with Crippen molar-refractivity contribution in [1.29, 1.82) is 0 Å². The maximum atomic E-state index is 13.3. The van der Waals surface area contributed by atoms with Crippen LogP contribution in [0.5, 0.6) is 11.5 Å². The number of rotatable bonds is 7. The number of thioether (sulfide) groups is 1. The molecule has 0 fully saturated rings. The molecule has 168 valence electrons. The SMILES string of the molecule is COC(=O)CSC1=N[C@H](c2ccc(OC)cc2OC)C(C(=O)Nc2ccccc2)=C(C)N1. The monoisotopic (exact) mass is 455 g/mol. The molecule has 0 saturated heterocycles. The Balaban J connectivity index is 2.00. The van der Waals surface area contributed by atoms with E-state index in [4.69, 9.17) is 19.2 Å². The number of amidine groups is 1. The Morgan fingerprint density at radius 2 is 1.84 bits per heavy atom. The van der Waals surface area contributed by atoms with Gasteiger partial charge in [-0.15, -0.1) is 0 Å². The number of carbonyl (C=O) groups excluding carboxylic acids is 2. The van der Waals surface area contributed by atoms with Crippen LogP contribution in [0.3, 0.4) is 0 Å². The van der Waals surface area contributed by atoms with Gasteiger partial charge in [-0.1, -0.05) is 30.0 Å². The molecule has 3 rings (SSSR count). The summed E-state index contributed by atoms with van der Waals surface area (Å²) < 4.78 is 15.6. The average Bonchev–Trinajstić information content (AvgIpc) is 2.82. The minimum atomic E-state index is -0.652. The molecule has 2 aromatic carbocycles. The molecule has 9 heteroatoms. The van der Waals surface area contributed by atoms with Crippen LogP contribution in [0.2, 0.25) is 0 Å². The van der Waals surface area contributed by atoms with E-state index in [-0.39, 0.29) is 17.6 Å². The Hall–Kier alpha value is -3.46. The lowest BCUT2D eigenvalue weighted by atomic mass is 9.95. The first-order chi connectivity index (χ1) is 15.5. The van der Waals surface area contributed by atoms with E-state index < -0.39 is 6.04 Å². The quantitative estimate of drug-likeness (QED) is 0.617. The van der Waals surface area contributed by atoms with Crippen LogP contribution >= 0.6 is 11.8 Å². The van der Waals surface area contributed by atoms with Crippen molar-refractivity contribution in [2.45, 2.75) is 13.0 Å². The number of para-hydroxylation sites is 1. The lowest BCUT2D eigenvalue weighted by Crippen LogP contribution is -2.32. The number of esters is 1. The van der Waals surface area contributed by atoms with Crippen LogP contribution in [-0.2, 0) is 14.3 Å². The first-order valence-corrected chi connectivity index (χ1v) is 10.8. The maximum absolute atomic E-state index is 13.3. The van der Waals surface area contributed by atoms with Gasteiger partial charge in [-0.3, -0.25) is 9.59 Å². The second-order valence-electron chi connectivity index (χ2n) is 6.79. The number of methoxy groups -OCH3 is 3. The summed E-state index contributed by atoms with van der Waals surface area (Å²) in [5.74, 6) is 0.597. The number of amides is 1. The van der Waals surface area contributed by atoms with Gasteiger partial charge >= 0.3 is 5.97 Å². The molecule has 0 aromatic heterocycles. The Bertz CT molecular complexity index is 1050. The van der Waals surface area contributed by atoms with Crippen molar-refractivity contribution in [3.63, 3.8) is 0 Å². The summed E-state index contributed by atoms with van der Waals surface area (Å²) in [7, 11) is 4.46. The van der Waals surface area contributed by atoms with Crippen molar-refractivity contribution in [2.75, 3.05) is 32.4 Å². The number of hydrogen-bond acceptors (Lipinski definition) is 8. The zero-order valence-corrected chi connectivity index (χ0v) is 19.1. The van der Waals surface area contributed by atoms with E-state index in [1.807, 2.05) is 36.4 Å². The molecule has 1 atom stereocenters. The standard InChI is InChI=1S/C23H25N3O5S/c1-14-20(22(28)25-15-8-6-5-7-9-15)21(26-23(24-14)32-13-19(27)31-4)17-11-10-16(29-2)12-18(17)30-3/h5-12,21H,13H2,1-4H3,(H,24,26)(H,25,28)/t21-/m1/s1. The zero-order chi connectivity index (χ0) is 23.1. The number of nitrogens with one attached hydrogen (secondary N) is 2. The van der Waals surface area contributed by atoms with Crippen LogP contribution in [0.1, 0.15) is 18.5 Å². The molecule has 1 amide bonds. The summed E-state index contributed by atoms with van der Waals surface area (Å²) in [6.45, 7) is 1.80. The van der Waals surface area contributed by atoms with Crippen molar-refractivity contribution in [2.24, 2.45) is 4.99 Å². The molecule has 2 N–H and O–H groups in total. The number of anilines is 1. The van der Waals surface area contributed by atoms with E-state index in [0.717, 1.165) is 0 Å². The van der Waals surface area contributed by atoms with Gasteiger partial charge in [0.15, 0.2) is 5.17 Å². The highest BCUT2D eigenvalue weighted by atomic mass is 32.2. The molecule has 0 saturated carbocycles. The van der Waals surface area contributed by atoms with Gasteiger partial charge in [0.25, 0.3) is 5.91 Å². The van der Waals surface area contributed by atoms with Crippen molar-refractivity contribution in [1.82, 2.24) is 5.32 Å². The van der Waals surface area contributed by atoms with Crippen LogP contribution in [0, 0.1) is 0 Å². The third-order valence-electron chi connectivity index (χ3n) is 4.78. The lowest BCUT2D eigenvalue weighted by Gasteiger charge is -2.27. The molecular formula is C23H25N3O5S. The fraction of sp³-hybridized carbons (Fsp3) is 0.261. The number of allylic oxidation sites excluding steroid dienone is 1. The first kappa shape index (κ1) is 23.2. The van der Waals surface area contributed by atoms with Gasteiger partial charge in [0.2, 0.25) is 0 Å². The molecule has 1 heterocycles. The zero-order valence-electron chi connectivity index (χ0n) is 18.3. The number of ether oxygens (including phenoxy) is 3. The molecule has 0 aliphatic carbocycles. The van der Waals surface area contributed by atoms with Crippen molar-refractivity contribution in [3.05, 3.63) is 65.4 Å². The van der Waals surface area contributed by atoms with Gasteiger partial charge in [0, 0.05) is 23.0 Å². The Kier molecular flexibility index (Phi) is 7.77. The summed E-state index contributed by atoms with van der Waals surface area (Å²) >= 11 is 1.20. The second-order valence-corrected chi connectivity index (χ2v) is 7.76. The van der Waals surface area contributed by atoms with E-state index in [0.29, 0.717) is 39.2 Å². The summed E-state index contributed by atoms with van der Waals surface area (Å²) in [5.41, 5.74) is 2.44. The van der Waals surface area contributed by atoms with Crippen molar-refractivity contribution in [3.8, 4) is 11.5 Å². The molecule has 0 bridgehead atoms. The number of carbonyl (C=O) groups is 2. The van der Waals surface area contributed by atoms with Gasteiger partial charge in [-0.25, -0.2) is 4.99 Å². The molecule has 1 aliphatic rings. The van der Waals surface area contributed by atoms with E-state index in [1.54, 1.807) is 33.3 Å². The highest BCUT2D eigenvalue weighted by Gasteiger charge is 2.31. The molecule has 0 radical (unpaired) electrons. The summed E-state index contributed by atoms with van der Waals surface area (Å²) in [6.07, 6.45) is 0. The maximum Gasteiger partial charge on any atom is 0.316 e. The number of aliphatic imine (C=N–C) groups is 1. The van der Waals surface area contributed by atoms with Crippen LogP contribution in [-0.4, -0.2) is 44.1 Å². The number of hydrogen-bond donors (Lipinski definition) is 2. The largest absolute Gasteiger partial charge is 0.497 e. The highest BCUT2D eigenvalue weighted by molar-refractivity contribution is 8.14. The minimum absolute atomic E-state index is 0.0909. The van der Waals surface area contributed by atoms with E-state index in [1.165, 1.54) is 18.9 Å². The van der Waals surface area contributed by atoms with Crippen molar-refractivity contribution < 1.29 is 23.8 Å². The predicted molar refractivity (Wildman–Crippen MR) is 125 cm³/mol. The second kappa shape index (κ2) is 10.7. The van der Waals surface area contributed by atoms with Crippen LogP contribution in [0.25, 0.3) is 0 Å². The molecule has 2 aromatic rings. The Morgan fingerprint density at radius 3 is 2.50 bits per heavy atom. The van der Waals surface area contributed by atoms with Gasteiger partial charge < -0.3 is 24.8 Å². The van der Waals surface area contributed by atoms with Crippen molar-refractivity contribution >= 4 is 34.5 Å². The van der Waals surface area contributed by atoms with E-state index in [2.05, 4.69) is 10.6 Å². The average molecular weight is 456 g/mol. The smallest absolute Gasteiger partial charge is 0.316 e. The normalized spacial score (nSPS) is 15.4. The summed E-state index contributed by atoms with van der Waals surface area (Å²) in [5, 5.41) is 6.56. The topological polar surface area (TPSA) is 98.2 Å². The Labute approximate surface area is 191 Å². The number of benzene rings is 2. The Morgan fingerprint density at radius 1 is 1.09 bits per heavy atom. The fourth-order valence-electron chi connectivity index (χ4n) is 3.19. The van der Waals surface area contributed by atoms with E-state index >= 15 is 0 Å². The summed E-state index contributed by atoms with van der Waals surface area (Å²) in [6, 6.07) is 13.9. The molecule has 1 aliphatic heterocycles.